The van der Waals surface area contributed by atoms with Gasteiger partial charge in [-0.2, -0.15) is 0 Å². The van der Waals surface area contributed by atoms with Gasteiger partial charge in [-0.1, -0.05) is 0 Å². The van der Waals surface area contributed by atoms with Crippen molar-refractivity contribution in [3.63, 3.8) is 0 Å². The van der Waals surface area contributed by atoms with Gasteiger partial charge in [-0.3, -0.25) is 4.79 Å². The number of pyridine rings is 1. The van der Waals surface area contributed by atoms with Gasteiger partial charge in [-0.15, -0.1) is 11.3 Å². The number of carbonyl (C=O) groups excluding carboxylic acids is 1. The maximum Gasteiger partial charge on any atom is 0.263 e. The molecule has 3 aromatic heterocycles. The zero-order valence-corrected chi connectivity index (χ0v) is 18.1. The van der Waals surface area contributed by atoms with Gasteiger partial charge in [0.15, 0.2) is 11.6 Å². The average Bonchev–Trinajstić information content (AvgIpc) is 3.09. The number of hydrogen-bond donors (Lipinski definition) is 3. The van der Waals surface area contributed by atoms with Gasteiger partial charge in [0.1, 0.15) is 15.5 Å². The van der Waals surface area contributed by atoms with Crippen LogP contribution in [0.15, 0.2) is 12.3 Å². The highest BCUT2D eigenvalue weighted by Crippen LogP contribution is 2.32. The van der Waals surface area contributed by atoms with Gasteiger partial charge in [-0.05, 0) is 37.8 Å². The van der Waals surface area contributed by atoms with Gasteiger partial charge in [0.05, 0.1) is 11.1 Å². The number of carbonyl (C=O) groups is 1. The van der Waals surface area contributed by atoms with Gasteiger partial charge >= 0.3 is 0 Å². The molecule has 162 valence electrons. The molecule has 0 saturated carbocycles. The topological polar surface area (TPSA) is 109 Å². The first-order valence-corrected chi connectivity index (χ1v) is 11.3. The van der Waals surface area contributed by atoms with Crippen LogP contribution >= 0.6 is 11.3 Å². The number of aromatic nitrogens is 3. The van der Waals surface area contributed by atoms with E-state index in [2.05, 4.69) is 25.6 Å². The van der Waals surface area contributed by atoms with Crippen molar-refractivity contribution in [1.82, 2.24) is 25.6 Å². The Balaban J connectivity index is 1.32. The van der Waals surface area contributed by atoms with E-state index in [9.17, 15) is 9.18 Å². The molecule has 2 aliphatic rings. The molecule has 5 rings (SSSR count). The molecule has 31 heavy (non-hydrogen) atoms. The molecule has 4 heterocycles. The summed E-state index contributed by atoms with van der Waals surface area (Å²) in [7, 11) is 0. The SMILES string of the molecule is Cc1ncc2c(N)c(C(=O)NC3CCc4nc(N5CCNCC5)c(F)cc4C3)sc2n1. The van der Waals surface area contributed by atoms with Gasteiger partial charge in [0.25, 0.3) is 5.91 Å². The molecule has 1 aliphatic carbocycles. The van der Waals surface area contributed by atoms with Gasteiger partial charge < -0.3 is 21.3 Å². The predicted molar refractivity (Wildman–Crippen MR) is 119 cm³/mol. The number of halogens is 1. The Hall–Kier alpha value is -2.85. The Morgan fingerprint density at radius 1 is 1.35 bits per heavy atom. The zero-order chi connectivity index (χ0) is 21.5. The van der Waals surface area contributed by atoms with E-state index in [0.29, 0.717) is 45.3 Å². The van der Waals surface area contributed by atoms with Gasteiger partial charge in [0, 0.05) is 44.1 Å². The number of thiophene rings is 1. The van der Waals surface area contributed by atoms with E-state index in [1.165, 1.54) is 11.3 Å². The van der Waals surface area contributed by atoms with Crippen LogP contribution in [0.2, 0.25) is 0 Å². The van der Waals surface area contributed by atoms with E-state index in [1.54, 1.807) is 19.2 Å². The molecule has 0 spiro atoms. The molecule has 0 bridgehead atoms. The number of nitrogen functional groups attached to an aromatic ring is 1. The lowest BCUT2D eigenvalue weighted by molar-refractivity contribution is 0.0938. The van der Waals surface area contributed by atoms with E-state index in [1.807, 2.05) is 4.90 Å². The largest absolute Gasteiger partial charge is 0.397 e. The summed E-state index contributed by atoms with van der Waals surface area (Å²) in [6, 6.07) is 1.49. The Morgan fingerprint density at radius 3 is 2.97 bits per heavy atom. The van der Waals surface area contributed by atoms with Crippen molar-refractivity contribution in [3.8, 4) is 0 Å². The van der Waals surface area contributed by atoms with Crippen LogP contribution in [0.4, 0.5) is 15.9 Å². The Bertz CT molecular complexity index is 1160. The zero-order valence-electron chi connectivity index (χ0n) is 17.2. The van der Waals surface area contributed by atoms with Crippen LogP contribution in [0.1, 0.15) is 33.2 Å². The molecule has 0 radical (unpaired) electrons. The third-order valence-corrected chi connectivity index (χ3v) is 7.00. The van der Waals surface area contributed by atoms with Crippen molar-refractivity contribution >= 4 is 39.0 Å². The molecule has 1 amide bonds. The second-order valence-electron chi connectivity index (χ2n) is 8.03. The highest BCUT2D eigenvalue weighted by molar-refractivity contribution is 7.21. The molecule has 1 atom stereocenters. The monoisotopic (exact) mass is 441 g/mol. The van der Waals surface area contributed by atoms with Crippen molar-refractivity contribution in [2.45, 2.75) is 32.2 Å². The fourth-order valence-electron chi connectivity index (χ4n) is 4.25. The molecule has 1 aliphatic heterocycles. The molecule has 3 aromatic rings. The first-order valence-electron chi connectivity index (χ1n) is 10.5. The molecule has 4 N–H and O–H groups in total. The third-order valence-electron chi connectivity index (χ3n) is 5.89. The summed E-state index contributed by atoms with van der Waals surface area (Å²) in [6.07, 6.45) is 3.66. The Morgan fingerprint density at radius 2 is 2.16 bits per heavy atom. The fraction of sp³-hybridized carbons (Fsp3) is 0.429. The van der Waals surface area contributed by atoms with Crippen LogP contribution in [0.5, 0.6) is 0 Å². The first kappa shape index (κ1) is 20.1. The molecular formula is C21H24FN7OS. The molecule has 10 heteroatoms. The highest BCUT2D eigenvalue weighted by atomic mass is 32.1. The minimum absolute atomic E-state index is 0.0938. The van der Waals surface area contributed by atoms with Crippen LogP contribution in [0.3, 0.4) is 0 Å². The van der Waals surface area contributed by atoms with E-state index in [-0.39, 0.29) is 17.8 Å². The van der Waals surface area contributed by atoms with Crippen LogP contribution < -0.4 is 21.3 Å². The number of anilines is 2. The molecule has 1 saturated heterocycles. The van der Waals surface area contributed by atoms with Crippen LogP contribution in [-0.4, -0.2) is 53.1 Å². The molecular weight excluding hydrogens is 417 g/mol. The normalized spacial score (nSPS) is 18.8. The number of hydrogen-bond acceptors (Lipinski definition) is 8. The number of nitrogens with zero attached hydrogens (tertiary/aromatic N) is 4. The van der Waals surface area contributed by atoms with Crippen LogP contribution in [-0.2, 0) is 12.8 Å². The number of nitrogens with one attached hydrogen (secondary N) is 2. The van der Waals surface area contributed by atoms with Gasteiger partial charge in [-0.25, -0.2) is 19.3 Å². The minimum Gasteiger partial charge on any atom is -0.397 e. The van der Waals surface area contributed by atoms with E-state index >= 15 is 0 Å². The summed E-state index contributed by atoms with van der Waals surface area (Å²) in [5.41, 5.74) is 8.37. The van der Waals surface area contributed by atoms with Crippen LogP contribution in [0.25, 0.3) is 10.2 Å². The lowest BCUT2D eigenvalue weighted by atomic mass is 9.91. The first-order chi connectivity index (χ1) is 15.0. The average molecular weight is 442 g/mol. The minimum atomic E-state index is -0.296. The van der Waals surface area contributed by atoms with Crippen molar-refractivity contribution in [1.29, 1.82) is 0 Å². The molecule has 8 nitrogen and oxygen atoms in total. The lowest BCUT2D eigenvalue weighted by Gasteiger charge is -2.31. The predicted octanol–water partition coefficient (Wildman–Crippen LogP) is 1.81. The number of aryl methyl sites for hydroxylation is 2. The molecule has 1 fully saturated rings. The third kappa shape index (κ3) is 3.81. The quantitative estimate of drug-likeness (QED) is 0.569. The summed E-state index contributed by atoms with van der Waals surface area (Å²) in [6.45, 7) is 4.97. The number of fused-ring (bicyclic) bond motifs is 2. The van der Waals surface area contributed by atoms with Gasteiger partial charge in [0.2, 0.25) is 0 Å². The summed E-state index contributed by atoms with van der Waals surface area (Å²) in [5, 5.41) is 7.03. The van der Waals surface area contributed by atoms with Crippen molar-refractivity contribution in [3.05, 3.63) is 40.0 Å². The number of piperazine rings is 1. The van der Waals surface area contributed by atoms with E-state index < -0.39 is 0 Å². The van der Waals surface area contributed by atoms with Crippen LogP contribution in [0, 0.1) is 12.7 Å². The van der Waals surface area contributed by atoms with Crippen molar-refractivity contribution in [2.24, 2.45) is 0 Å². The second kappa shape index (κ2) is 8.01. The van der Waals surface area contributed by atoms with Crippen molar-refractivity contribution < 1.29 is 9.18 Å². The molecule has 0 aromatic carbocycles. The highest BCUT2D eigenvalue weighted by Gasteiger charge is 2.27. The Kier molecular flexibility index (Phi) is 5.19. The number of amides is 1. The smallest absolute Gasteiger partial charge is 0.263 e. The maximum absolute atomic E-state index is 14.8. The number of rotatable bonds is 3. The standard InChI is InChI=1S/C21H24FN7OS/c1-11-25-10-14-17(23)18(31-21(14)26-11)20(30)27-13-2-3-16-12(8-13)9-15(22)19(28-16)29-6-4-24-5-7-29/h9-10,13,24H,2-8,23H2,1H3,(H,27,30). The van der Waals surface area contributed by atoms with E-state index in [4.69, 9.17) is 5.73 Å². The lowest BCUT2D eigenvalue weighted by Crippen LogP contribution is -2.44. The Labute approximate surface area is 183 Å². The summed E-state index contributed by atoms with van der Waals surface area (Å²) in [5.74, 6) is 0.560. The number of nitrogens with two attached hydrogens (primary N) is 1. The summed E-state index contributed by atoms with van der Waals surface area (Å²) in [4.78, 5) is 29.2. The van der Waals surface area contributed by atoms with Crippen molar-refractivity contribution in [2.75, 3.05) is 36.8 Å². The summed E-state index contributed by atoms with van der Waals surface area (Å²) < 4.78 is 14.8. The van der Waals surface area contributed by atoms with E-state index in [0.717, 1.165) is 43.9 Å². The second-order valence-corrected chi connectivity index (χ2v) is 9.03. The summed E-state index contributed by atoms with van der Waals surface area (Å²) >= 11 is 1.27. The maximum atomic E-state index is 14.8. The fourth-order valence-corrected chi connectivity index (χ4v) is 5.27. The molecule has 1 unspecified atom stereocenters.